The Labute approximate surface area is 169 Å². The minimum Gasteiger partial charge on any atom is -0.312 e. The van der Waals surface area contributed by atoms with Gasteiger partial charge in [-0.1, -0.05) is 42.1 Å². The second-order valence-electron chi connectivity index (χ2n) is 6.86. The Bertz CT molecular complexity index is 1030. The maximum Gasteiger partial charge on any atom is 0.262 e. The van der Waals surface area contributed by atoms with Gasteiger partial charge in [0.15, 0.2) is 5.16 Å². The van der Waals surface area contributed by atoms with Gasteiger partial charge in [0.25, 0.3) is 5.56 Å². The number of hydrogen-bond donors (Lipinski definition) is 0. The normalized spacial score (nSPS) is 12.3. The van der Waals surface area contributed by atoms with Crippen molar-refractivity contribution in [2.24, 2.45) is 0 Å². The molecule has 1 atom stereocenters. The Morgan fingerprint density at radius 3 is 2.36 bits per heavy atom. The van der Waals surface area contributed by atoms with E-state index in [4.69, 9.17) is 4.98 Å². The van der Waals surface area contributed by atoms with Gasteiger partial charge in [0.05, 0.1) is 16.2 Å². The monoisotopic (exact) mass is 395 g/mol. The fourth-order valence-corrected chi connectivity index (χ4v) is 4.27. The van der Waals surface area contributed by atoms with Crippen LogP contribution in [0.5, 0.6) is 0 Å². The Morgan fingerprint density at radius 2 is 1.71 bits per heavy atom. The maximum absolute atomic E-state index is 13.1. The second kappa shape index (κ2) is 8.61. The molecule has 1 aromatic heterocycles. The van der Waals surface area contributed by atoms with Crippen LogP contribution in [0.2, 0.25) is 0 Å². The molecule has 6 heteroatoms. The number of para-hydroxylation sites is 2. The van der Waals surface area contributed by atoms with E-state index in [0.29, 0.717) is 22.6 Å². The number of nitrogens with zero attached hydrogens (tertiary/aromatic N) is 3. The standard InChI is InChI=1S/C22H25N3O2S/c1-5-24(17-11-7-6-8-12-17)20(26)16(4)28-22-23-19-14-10-9-13-18(19)21(27)25(22)15(2)3/h6-16H,5H2,1-4H3. The molecule has 0 spiro atoms. The van der Waals surface area contributed by atoms with E-state index >= 15 is 0 Å². The molecule has 0 fully saturated rings. The second-order valence-corrected chi connectivity index (χ2v) is 8.17. The zero-order valence-corrected chi connectivity index (χ0v) is 17.4. The number of rotatable bonds is 6. The van der Waals surface area contributed by atoms with Crippen molar-refractivity contribution in [2.45, 2.75) is 44.1 Å². The molecule has 28 heavy (non-hydrogen) atoms. The smallest absolute Gasteiger partial charge is 0.262 e. The average molecular weight is 396 g/mol. The van der Waals surface area contributed by atoms with E-state index in [1.807, 2.05) is 76.2 Å². The molecule has 0 bridgehead atoms. The van der Waals surface area contributed by atoms with Gasteiger partial charge in [-0.3, -0.25) is 14.2 Å². The third kappa shape index (κ3) is 3.97. The van der Waals surface area contributed by atoms with Crippen LogP contribution in [0.15, 0.2) is 64.5 Å². The van der Waals surface area contributed by atoms with Crippen molar-refractivity contribution in [1.82, 2.24) is 9.55 Å². The van der Waals surface area contributed by atoms with E-state index < -0.39 is 0 Å². The van der Waals surface area contributed by atoms with E-state index in [0.717, 1.165) is 5.69 Å². The first kappa shape index (κ1) is 20.1. The number of anilines is 1. The lowest BCUT2D eigenvalue weighted by molar-refractivity contribution is -0.117. The minimum absolute atomic E-state index is 0.00332. The number of carbonyl (C=O) groups is 1. The largest absolute Gasteiger partial charge is 0.312 e. The number of thioether (sulfide) groups is 1. The summed E-state index contributed by atoms with van der Waals surface area (Å²) in [5, 5.41) is 0.792. The molecule has 0 saturated heterocycles. The molecular formula is C22H25N3O2S. The molecule has 5 nitrogen and oxygen atoms in total. The van der Waals surface area contributed by atoms with Crippen molar-refractivity contribution in [2.75, 3.05) is 11.4 Å². The number of hydrogen-bond acceptors (Lipinski definition) is 4. The van der Waals surface area contributed by atoms with Crippen molar-refractivity contribution in [3.63, 3.8) is 0 Å². The molecule has 0 saturated carbocycles. The summed E-state index contributed by atoms with van der Waals surface area (Å²) in [6.45, 7) is 8.31. The zero-order chi connectivity index (χ0) is 20.3. The summed E-state index contributed by atoms with van der Waals surface area (Å²) >= 11 is 1.33. The molecule has 0 N–H and O–H groups in total. The fraction of sp³-hybridized carbons (Fsp3) is 0.318. The predicted molar refractivity (Wildman–Crippen MR) is 116 cm³/mol. The lowest BCUT2D eigenvalue weighted by atomic mass is 10.2. The van der Waals surface area contributed by atoms with Crippen LogP contribution in [0.25, 0.3) is 10.9 Å². The number of fused-ring (bicyclic) bond motifs is 1. The summed E-state index contributed by atoms with van der Waals surface area (Å²) < 4.78 is 1.68. The lowest BCUT2D eigenvalue weighted by Crippen LogP contribution is -2.37. The van der Waals surface area contributed by atoms with Gasteiger partial charge in [0.2, 0.25) is 5.91 Å². The number of aromatic nitrogens is 2. The van der Waals surface area contributed by atoms with Crippen LogP contribution in [-0.2, 0) is 4.79 Å². The first-order valence-corrected chi connectivity index (χ1v) is 10.4. The average Bonchev–Trinajstić information content (AvgIpc) is 2.69. The summed E-state index contributed by atoms with van der Waals surface area (Å²) in [7, 11) is 0. The highest BCUT2D eigenvalue weighted by molar-refractivity contribution is 8.00. The molecule has 1 heterocycles. The molecule has 3 rings (SSSR count). The van der Waals surface area contributed by atoms with Crippen molar-refractivity contribution in [3.05, 3.63) is 65.0 Å². The van der Waals surface area contributed by atoms with Crippen LogP contribution < -0.4 is 10.5 Å². The van der Waals surface area contributed by atoms with Crippen LogP contribution >= 0.6 is 11.8 Å². The van der Waals surface area contributed by atoms with Crippen LogP contribution in [-0.4, -0.2) is 27.3 Å². The third-order valence-corrected chi connectivity index (χ3v) is 5.63. The first-order valence-electron chi connectivity index (χ1n) is 9.48. The van der Waals surface area contributed by atoms with Crippen LogP contribution in [0, 0.1) is 0 Å². The highest BCUT2D eigenvalue weighted by Crippen LogP contribution is 2.27. The van der Waals surface area contributed by atoms with E-state index in [9.17, 15) is 9.59 Å². The maximum atomic E-state index is 13.1. The Morgan fingerprint density at radius 1 is 1.07 bits per heavy atom. The zero-order valence-electron chi connectivity index (χ0n) is 16.6. The summed E-state index contributed by atoms with van der Waals surface area (Å²) in [6, 6.07) is 16.9. The van der Waals surface area contributed by atoms with E-state index in [2.05, 4.69) is 0 Å². The molecule has 0 aliphatic rings. The number of benzene rings is 2. The van der Waals surface area contributed by atoms with Gasteiger partial charge >= 0.3 is 0 Å². The molecular weight excluding hydrogens is 370 g/mol. The molecule has 0 aliphatic carbocycles. The highest BCUT2D eigenvalue weighted by Gasteiger charge is 2.24. The quantitative estimate of drug-likeness (QED) is 0.455. The summed E-state index contributed by atoms with van der Waals surface area (Å²) in [4.78, 5) is 32.5. The molecule has 1 amide bonds. The summed E-state index contributed by atoms with van der Waals surface area (Å²) in [6.07, 6.45) is 0. The summed E-state index contributed by atoms with van der Waals surface area (Å²) in [5.41, 5.74) is 1.45. The van der Waals surface area contributed by atoms with Gasteiger partial charge in [0, 0.05) is 18.3 Å². The minimum atomic E-state index is -0.377. The fourth-order valence-electron chi connectivity index (χ4n) is 3.17. The van der Waals surface area contributed by atoms with Crippen molar-refractivity contribution < 1.29 is 4.79 Å². The Hall–Kier alpha value is -2.60. The Kier molecular flexibility index (Phi) is 6.19. The predicted octanol–water partition coefficient (Wildman–Crippen LogP) is 4.51. The number of amides is 1. The number of carbonyl (C=O) groups excluding carboxylic acids is 1. The molecule has 0 radical (unpaired) electrons. The van der Waals surface area contributed by atoms with Gasteiger partial charge in [-0.25, -0.2) is 4.98 Å². The molecule has 2 aromatic carbocycles. The van der Waals surface area contributed by atoms with Crippen molar-refractivity contribution >= 4 is 34.3 Å². The van der Waals surface area contributed by atoms with Gasteiger partial charge in [-0.2, -0.15) is 0 Å². The third-order valence-electron chi connectivity index (χ3n) is 4.57. The molecule has 3 aromatic rings. The van der Waals surface area contributed by atoms with Gasteiger partial charge in [-0.15, -0.1) is 0 Å². The molecule has 0 aliphatic heterocycles. The molecule has 1 unspecified atom stereocenters. The topological polar surface area (TPSA) is 55.2 Å². The van der Waals surface area contributed by atoms with Crippen molar-refractivity contribution in [1.29, 1.82) is 0 Å². The first-order chi connectivity index (χ1) is 13.4. The highest BCUT2D eigenvalue weighted by atomic mass is 32.2. The van der Waals surface area contributed by atoms with E-state index in [1.54, 1.807) is 15.5 Å². The van der Waals surface area contributed by atoms with Gasteiger partial charge in [0.1, 0.15) is 0 Å². The lowest BCUT2D eigenvalue weighted by Gasteiger charge is -2.25. The Balaban J connectivity index is 1.96. The van der Waals surface area contributed by atoms with Gasteiger partial charge < -0.3 is 4.90 Å². The van der Waals surface area contributed by atoms with E-state index in [-0.39, 0.29) is 22.8 Å². The van der Waals surface area contributed by atoms with Crippen LogP contribution in [0.1, 0.15) is 33.7 Å². The SMILES string of the molecule is CCN(C(=O)C(C)Sc1nc2ccccc2c(=O)n1C(C)C)c1ccccc1. The van der Waals surface area contributed by atoms with E-state index in [1.165, 1.54) is 11.8 Å². The van der Waals surface area contributed by atoms with Gasteiger partial charge in [-0.05, 0) is 52.0 Å². The summed E-state index contributed by atoms with van der Waals surface area (Å²) in [5.74, 6) is -0.00332. The van der Waals surface area contributed by atoms with Crippen LogP contribution in [0.3, 0.4) is 0 Å². The van der Waals surface area contributed by atoms with Crippen molar-refractivity contribution in [3.8, 4) is 0 Å². The molecule has 146 valence electrons. The van der Waals surface area contributed by atoms with Crippen LogP contribution in [0.4, 0.5) is 5.69 Å².